The van der Waals surface area contributed by atoms with E-state index in [-0.39, 0.29) is 11.5 Å². The number of para-hydroxylation sites is 2. The van der Waals surface area contributed by atoms with Crippen molar-refractivity contribution in [2.45, 2.75) is 52.4 Å². The Bertz CT molecular complexity index is 930. The summed E-state index contributed by atoms with van der Waals surface area (Å²) in [6.07, 6.45) is 3.68. The van der Waals surface area contributed by atoms with Crippen molar-refractivity contribution in [3.05, 3.63) is 58.9 Å². The number of nitrogens with zero attached hydrogens (tertiary/aromatic N) is 2. The Morgan fingerprint density at radius 2 is 1.00 bits per heavy atom. The van der Waals surface area contributed by atoms with Crippen molar-refractivity contribution in [2.24, 2.45) is 9.98 Å². The summed E-state index contributed by atoms with van der Waals surface area (Å²) in [5, 5.41) is 22.1. The summed E-state index contributed by atoms with van der Waals surface area (Å²) in [4.78, 5) is 9.23. The summed E-state index contributed by atoms with van der Waals surface area (Å²) in [5.41, 5.74) is 3.34. The summed E-state index contributed by atoms with van der Waals surface area (Å²) >= 11 is 0. The summed E-state index contributed by atoms with van der Waals surface area (Å²) in [5.74, 6) is 0.321. The van der Waals surface area contributed by atoms with Crippen LogP contribution in [-0.4, -0.2) is 22.6 Å². The Balaban J connectivity index is 2.39. The molecule has 1 heterocycles. The fraction of sp³-hybridized carbons (Fsp3) is 0.333. The van der Waals surface area contributed by atoms with Crippen LogP contribution in [0.4, 0.5) is 0 Å². The molecule has 4 nitrogen and oxygen atoms in total. The maximum absolute atomic E-state index is 11.1. The molecule has 0 saturated heterocycles. The second-order valence-electron chi connectivity index (χ2n) is 8.53. The number of rotatable bonds is 0. The molecule has 0 spiro atoms. The van der Waals surface area contributed by atoms with Gasteiger partial charge < -0.3 is 10.2 Å². The molecule has 0 saturated carbocycles. The van der Waals surface area contributed by atoms with Gasteiger partial charge in [-0.2, -0.15) is 0 Å². The smallest absolute Gasteiger partial charge is 0.127 e. The number of benzene rings is 2. The molecule has 0 amide bonds. The second-order valence-corrected chi connectivity index (χ2v) is 8.53. The fourth-order valence-corrected chi connectivity index (χ4v) is 3.40. The molecule has 0 radical (unpaired) electrons. The zero-order valence-corrected chi connectivity index (χ0v) is 17.4. The highest BCUT2D eigenvalue weighted by atomic mass is 16.3. The van der Waals surface area contributed by atoms with E-state index in [2.05, 4.69) is 9.98 Å². The van der Waals surface area contributed by atoms with Gasteiger partial charge in [0.15, 0.2) is 0 Å². The lowest BCUT2D eigenvalue weighted by atomic mass is 9.81. The highest BCUT2D eigenvalue weighted by molar-refractivity contribution is 5.84. The van der Waals surface area contributed by atoms with Crippen molar-refractivity contribution < 1.29 is 10.2 Å². The van der Waals surface area contributed by atoms with Crippen LogP contribution in [0.5, 0.6) is 11.5 Å². The Hall–Kier alpha value is -2.88. The molecule has 0 aromatic heterocycles. The third-order valence-corrected chi connectivity index (χ3v) is 5.44. The molecule has 0 fully saturated rings. The number of allylic oxidation sites excluding steroid dienone is 2. The minimum atomic E-state index is -0.498. The summed E-state index contributed by atoms with van der Waals surface area (Å²) in [7, 11) is 0. The zero-order valence-electron chi connectivity index (χ0n) is 17.4. The van der Waals surface area contributed by atoms with Crippen LogP contribution in [0, 0.1) is 0 Å². The molecule has 1 aliphatic heterocycles. The average molecular weight is 377 g/mol. The van der Waals surface area contributed by atoms with Gasteiger partial charge in [0.25, 0.3) is 0 Å². The first kappa shape index (κ1) is 19.9. The van der Waals surface area contributed by atoms with Crippen LogP contribution in [-0.2, 0) is 10.8 Å². The normalized spacial score (nSPS) is 18.1. The van der Waals surface area contributed by atoms with Gasteiger partial charge in [0.2, 0.25) is 0 Å². The van der Waals surface area contributed by atoms with Crippen molar-refractivity contribution >= 4 is 12.4 Å². The van der Waals surface area contributed by atoms with Gasteiger partial charge in [-0.1, -0.05) is 64.1 Å². The Kier molecular flexibility index (Phi) is 4.92. The molecule has 4 bridgehead atoms. The van der Waals surface area contributed by atoms with Crippen LogP contribution in [0.25, 0.3) is 11.1 Å². The van der Waals surface area contributed by atoms with Gasteiger partial charge in [-0.25, -0.2) is 0 Å². The lowest BCUT2D eigenvalue weighted by Gasteiger charge is -2.25. The van der Waals surface area contributed by atoms with Crippen molar-refractivity contribution in [2.75, 3.05) is 0 Å². The quantitative estimate of drug-likeness (QED) is 0.617. The third kappa shape index (κ3) is 3.47. The van der Waals surface area contributed by atoms with Crippen molar-refractivity contribution in [3.63, 3.8) is 0 Å². The van der Waals surface area contributed by atoms with Crippen LogP contribution >= 0.6 is 0 Å². The van der Waals surface area contributed by atoms with E-state index in [4.69, 9.17) is 0 Å². The molecule has 0 atom stereocenters. The van der Waals surface area contributed by atoms with E-state index in [1.807, 2.05) is 90.4 Å². The van der Waals surface area contributed by atoms with Crippen LogP contribution < -0.4 is 0 Å². The van der Waals surface area contributed by atoms with Crippen LogP contribution in [0.1, 0.15) is 52.7 Å². The summed E-state index contributed by atoms with van der Waals surface area (Å²) in [6, 6.07) is 11.2. The molecular formula is C24H28N2O2. The monoisotopic (exact) mass is 376 g/mol. The molecule has 2 N–H and O–H groups in total. The topological polar surface area (TPSA) is 65.2 Å². The molecule has 2 aromatic rings. The van der Waals surface area contributed by atoms with Crippen LogP contribution in [0.15, 0.2) is 57.8 Å². The van der Waals surface area contributed by atoms with E-state index in [1.165, 1.54) is 0 Å². The van der Waals surface area contributed by atoms with Gasteiger partial charge in [-0.05, 0) is 13.8 Å². The molecule has 146 valence electrons. The van der Waals surface area contributed by atoms with E-state index in [9.17, 15) is 10.2 Å². The van der Waals surface area contributed by atoms with E-state index in [0.29, 0.717) is 11.1 Å². The number of fused-ring (bicyclic) bond motifs is 5. The fourth-order valence-electron chi connectivity index (χ4n) is 3.40. The number of phenolic OH excluding ortho intramolecular Hbond substituents is 2. The van der Waals surface area contributed by atoms with Crippen LogP contribution in [0.3, 0.4) is 0 Å². The van der Waals surface area contributed by atoms with Gasteiger partial charge in [0, 0.05) is 45.5 Å². The molecule has 3 rings (SSSR count). The molecule has 2 aromatic carbocycles. The predicted molar refractivity (Wildman–Crippen MR) is 117 cm³/mol. The first-order valence-corrected chi connectivity index (χ1v) is 9.48. The SMILES string of the molecule is CC1=C(C)N=CC(C)(C)c2cccc(c2O)-c2cccc(c2O)C(C)(C)C=N1. The Morgan fingerprint density at radius 1 is 0.643 bits per heavy atom. The predicted octanol–water partition coefficient (Wildman–Crippen LogP) is 5.73. The first-order chi connectivity index (χ1) is 13.0. The molecule has 4 heteroatoms. The third-order valence-electron chi connectivity index (χ3n) is 5.44. The molecule has 1 aliphatic rings. The zero-order chi connectivity index (χ0) is 20.7. The average Bonchev–Trinajstić information content (AvgIpc) is 2.64. The van der Waals surface area contributed by atoms with E-state index in [0.717, 1.165) is 22.5 Å². The van der Waals surface area contributed by atoms with Crippen molar-refractivity contribution in [3.8, 4) is 22.6 Å². The maximum atomic E-state index is 11.1. The number of phenols is 2. The Labute approximate surface area is 167 Å². The standard InChI is InChI=1S/C24H28N2O2/c1-15-16(2)26-14-24(5,6)20-12-8-10-18(22(20)28)17-9-7-11-19(21(17)27)23(3,4)13-25-15/h7-14,27-28H,1-6H3. The molecule has 0 unspecified atom stereocenters. The van der Waals surface area contributed by atoms with Gasteiger partial charge >= 0.3 is 0 Å². The minimum absolute atomic E-state index is 0.160. The second kappa shape index (κ2) is 6.93. The number of aliphatic imine (C=N–C) groups is 2. The van der Waals surface area contributed by atoms with Gasteiger partial charge in [-0.3, -0.25) is 9.98 Å². The van der Waals surface area contributed by atoms with Crippen molar-refractivity contribution in [1.29, 1.82) is 0 Å². The minimum Gasteiger partial charge on any atom is -0.507 e. The summed E-state index contributed by atoms with van der Waals surface area (Å²) in [6.45, 7) is 11.9. The molecule has 28 heavy (non-hydrogen) atoms. The van der Waals surface area contributed by atoms with E-state index in [1.54, 1.807) is 0 Å². The highest BCUT2D eigenvalue weighted by Gasteiger charge is 2.28. The maximum Gasteiger partial charge on any atom is 0.127 e. The first-order valence-electron chi connectivity index (χ1n) is 9.48. The van der Waals surface area contributed by atoms with E-state index >= 15 is 0 Å². The van der Waals surface area contributed by atoms with E-state index < -0.39 is 10.8 Å². The number of hydrogen-bond donors (Lipinski definition) is 2. The van der Waals surface area contributed by atoms with Gasteiger partial charge in [0.1, 0.15) is 11.5 Å². The number of hydrogen-bond acceptors (Lipinski definition) is 4. The lowest BCUT2D eigenvalue weighted by Crippen LogP contribution is -2.20. The largest absolute Gasteiger partial charge is 0.507 e. The highest BCUT2D eigenvalue weighted by Crippen LogP contribution is 2.44. The Morgan fingerprint density at radius 3 is 1.36 bits per heavy atom. The molecule has 0 aliphatic carbocycles. The summed E-state index contributed by atoms with van der Waals surface area (Å²) < 4.78 is 0. The van der Waals surface area contributed by atoms with Gasteiger partial charge in [-0.15, -0.1) is 0 Å². The van der Waals surface area contributed by atoms with Crippen LogP contribution in [0.2, 0.25) is 0 Å². The van der Waals surface area contributed by atoms with Gasteiger partial charge in [0.05, 0.1) is 11.4 Å². The number of aromatic hydroxyl groups is 2. The molecular weight excluding hydrogens is 348 g/mol. The van der Waals surface area contributed by atoms with Crippen molar-refractivity contribution in [1.82, 2.24) is 0 Å². The lowest BCUT2D eigenvalue weighted by molar-refractivity contribution is 0.453.